The maximum absolute atomic E-state index is 3.58. The predicted octanol–water partition coefficient (Wildman–Crippen LogP) is 4.07. The quantitative estimate of drug-likeness (QED) is 0.794. The molecule has 0 bridgehead atoms. The van der Waals surface area contributed by atoms with Gasteiger partial charge in [-0.05, 0) is 45.2 Å². The third-order valence-electron chi connectivity index (χ3n) is 4.96. The Balaban J connectivity index is 2.00. The zero-order valence-electron chi connectivity index (χ0n) is 14.0. The van der Waals surface area contributed by atoms with Gasteiger partial charge in [-0.25, -0.2) is 0 Å². The van der Waals surface area contributed by atoms with Crippen LogP contribution in [0, 0.1) is 5.92 Å². The molecule has 1 saturated carbocycles. The fourth-order valence-electron chi connectivity index (χ4n) is 3.56. The molecule has 0 aromatic heterocycles. The molecule has 0 spiro atoms. The van der Waals surface area contributed by atoms with Crippen LogP contribution in [-0.2, 0) is 6.54 Å². The first kappa shape index (κ1) is 16.5. The topological polar surface area (TPSA) is 15.3 Å². The van der Waals surface area contributed by atoms with Crippen LogP contribution in [0.1, 0.15) is 51.5 Å². The smallest absolute Gasteiger partial charge is 0.0236 e. The summed E-state index contributed by atoms with van der Waals surface area (Å²) < 4.78 is 0. The van der Waals surface area contributed by atoms with E-state index < -0.39 is 0 Å². The molecule has 1 aliphatic carbocycles. The highest BCUT2D eigenvalue weighted by molar-refractivity contribution is 5.14. The van der Waals surface area contributed by atoms with Crippen LogP contribution in [0.3, 0.4) is 0 Å². The summed E-state index contributed by atoms with van der Waals surface area (Å²) in [5.41, 5.74) is 1.43. The van der Waals surface area contributed by atoms with Crippen molar-refractivity contribution in [3.8, 4) is 0 Å². The lowest BCUT2D eigenvalue weighted by Crippen LogP contribution is -2.42. The van der Waals surface area contributed by atoms with Crippen LogP contribution in [0.5, 0.6) is 0 Å². The van der Waals surface area contributed by atoms with Crippen molar-refractivity contribution in [2.75, 3.05) is 13.6 Å². The lowest BCUT2D eigenvalue weighted by molar-refractivity contribution is 0.155. The minimum Gasteiger partial charge on any atom is -0.317 e. The van der Waals surface area contributed by atoms with Gasteiger partial charge in [-0.3, -0.25) is 4.90 Å². The standard InChI is InChI=1S/C19H32N2/c1-16(2)21(14-17-10-6-4-7-11-17)15-18-12-8-5-9-13-19(18)20-3/h4,6-7,10-11,16,18-20H,5,8-9,12-15H2,1-3H3. The molecule has 1 aliphatic rings. The van der Waals surface area contributed by atoms with Gasteiger partial charge in [0, 0.05) is 25.2 Å². The van der Waals surface area contributed by atoms with E-state index >= 15 is 0 Å². The second kappa shape index (κ2) is 8.55. The normalized spacial score (nSPS) is 23.5. The molecule has 118 valence electrons. The zero-order chi connectivity index (χ0) is 15.1. The van der Waals surface area contributed by atoms with Crippen LogP contribution < -0.4 is 5.32 Å². The Labute approximate surface area is 130 Å². The lowest BCUT2D eigenvalue weighted by Gasteiger charge is -2.34. The van der Waals surface area contributed by atoms with Gasteiger partial charge in [0.05, 0.1) is 0 Å². The third kappa shape index (κ3) is 5.12. The first-order valence-electron chi connectivity index (χ1n) is 8.66. The minimum absolute atomic E-state index is 0.603. The van der Waals surface area contributed by atoms with Gasteiger partial charge in [0.2, 0.25) is 0 Å². The van der Waals surface area contributed by atoms with Crippen LogP contribution in [0.25, 0.3) is 0 Å². The highest BCUT2D eigenvalue weighted by Gasteiger charge is 2.25. The summed E-state index contributed by atoms with van der Waals surface area (Å²) in [4.78, 5) is 2.65. The van der Waals surface area contributed by atoms with E-state index in [4.69, 9.17) is 0 Å². The summed E-state index contributed by atoms with van der Waals surface area (Å²) >= 11 is 0. The molecule has 1 N–H and O–H groups in total. The molecule has 2 nitrogen and oxygen atoms in total. The molecule has 2 rings (SSSR count). The van der Waals surface area contributed by atoms with Crippen molar-refractivity contribution in [3.05, 3.63) is 35.9 Å². The van der Waals surface area contributed by atoms with Crippen LogP contribution >= 0.6 is 0 Å². The number of nitrogens with zero attached hydrogens (tertiary/aromatic N) is 1. The molecule has 0 saturated heterocycles. The molecule has 0 radical (unpaired) electrons. The molecule has 0 amide bonds. The van der Waals surface area contributed by atoms with E-state index in [-0.39, 0.29) is 0 Å². The molecule has 1 aromatic rings. The maximum Gasteiger partial charge on any atom is 0.0236 e. The Bertz CT molecular complexity index is 388. The fraction of sp³-hybridized carbons (Fsp3) is 0.684. The SMILES string of the molecule is CNC1CCCCCC1CN(Cc1ccccc1)C(C)C. The van der Waals surface area contributed by atoms with E-state index in [9.17, 15) is 0 Å². The molecule has 0 aliphatic heterocycles. The van der Waals surface area contributed by atoms with Crippen LogP contribution in [-0.4, -0.2) is 30.6 Å². The van der Waals surface area contributed by atoms with Crippen LogP contribution in [0.15, 0.2) is 30.3 Å². The number of hydrogen-bond acceptors (Lipinski definition) is 2. The van der Waals surface area contributed by atoms with Gasteiger partial charge in [-0.1, -0.05) is 49.6 Å². The number of benzene rings is 1. The summed E-state index contributed by atoms with van der Waals surface area (Å²) in [7, 11) is 2.14. The second-order valence-electron chi connectivity index (χ2n) is 6.80. The van der Waals surface area contributed by atoms with Crippen molar-refractivity contribution < 1.29 is 0 Å². The van der Waals surface area contributed by atoms with E-state index in [0.29, 0.717) is 12.1 Å². The Morgan fingerprint density at radius 1 is 1.10 bits per heavy atom. The Morgan fingerprint density at radius 2 is 1.81 bits per heavy atom. The molecular weight excluding hydrogens is 256 g/mol. The predicted molar refractivity (Wildman–Crippen MR) is 91.4 cm³/mol. The Hall–Kier alpha value is -0.860. The van der Waals surface area contributed by atoms with Crippen LogP contribution in [0.2, 0.25) is 0 Å². The Morgan fingerprint density at radius 3 is 2.48 bits per heavy atom. The zero-order valence-corrected chi connectivity index (χ0v) is 14.0. The minimum atomic E-state index is 0.603. The molecule has 2 unspecified atom stereocenters. The lowest BCUT2D eigenvalue weighted by atomic mass is 9.93. The van der Waals surface area contributed by atoms with Gasteiger partial charge in [-0.2, -0.15) is 0 Å². The summed E-state index contributed by atoms with van der Waals surface area (Å²) in [5, 5.41) is 3.58. The van der Waals surface area contributed by atoms with E-state index in [2.05, 4.69) is 61.4 Å². The van der Waals surface area contributed by atoms with Gasteiger partial charge in [0.1, 0.15) is 0 Å². The summed E-state index contributed by atoms with van der Waals surface area (Å²) in [5.74, 6) is 0.795. The van der Waals surface area contributed by atoms with E-state index in [1.54, 1.807) is 0 Å². The maximum atomic E-state index is 3.58. The third-order valence-corrected chi connectivity index (χ3v) is 4.96. The number of nitrogens with one attached hydrogen (secondary N) is 1. The Kier molecular flexibility index (Phi) is 6.72. The second-order valence-corrected chi connectivity index (χ2v) is 6.80. The highest BCUT2D eigenvalue weighted by Crippen LogP contribution is 2.25. The van der Waals surface area contributed by atoms with Crippen molar-refractivity contribution >= 4 is 0 Å². The number of rotatable bonds is 6. The molecule has 21 heavy (non-hydrogen) atoms. The molecule has 1 aromatic carbocycles. The first-order valence-corrected chi connectivity index (χ1v) is 8.66. The van der Waals surface area contributed by atoms with Crippen molar-refractivity contribution in [1.29, 1.82) is 0 Å². The van der Waals surface area contributed by atoms with Crippen LogP contribution in [0.4, 0.5) is 0 Å². The van der Waals surface area contributed by atoms with Crippen molar-refractivity contribution in [3.63, 3.8) is 0 Å². The molecule has 2 heteroatoms. The van der Waals surface area contributed by atoms with Gasteiger partial charge in [0.15, 0.2) is 0 Å². The molecule has 1 fully saturated rings. The van der Waals surface area contributed by atoms with E-state index in [0.717, 1.165) is 12.5 Å². The van der Waals surface area contributed by atoms with Gasteiger partial charge in [0.25, 0.3) is 0 Å². The molecular formula is C19H32N2. The van der Waals surface area contributed by atoms with Crippen molar-refractivity contribution in [2.45, 2.75) is 64.6 Å². The highest BCUT2D eigenvalue weighted by atomic mass is 15.1. The van der Waals surface area contributed by atoms with Gasteiger partial charge < -0.3 is 5.32 Å². The van der Waals surface area contributed by atoms with E-state index in [1.165, 1.54) is 44.2 Å². The summed E-state index contributed by atoms with van der Waals surface area (Å²) in [6, 6.07) is 12.2. The van der Waals surface area contributed by atoms with Crippen molar-refractivity contribution in [1.82, 2.24) is 10.2 Å². The largest absolute Gasteiger partial charge is 0.317 e. The average molecular weight is 288 g/mol. The fourth-order valence-corrected chi connectivity index (χ4v) is 3.56. The molecule has 0 heterocycles. The first-order chi connectivity index (χ1) is 10.2. The van der Waals surface area contributed by atoms with Crippen molar-refractivity contribution in [2.24, 2.45) is 5.92 Å². The average Bonchev–Trinajstić information content (AvgIpc) is 2.72. The van der Waals surface area contributed by atoms with E-state index in [1.807, 2.05) is 0 Å². The van der Waals surface area contributed by atoms with Gasteiger partial charge in [-0.15, -0.1) is 0 Å². The summed E-state index contributed by atoms with van der Waals surface area (Å²) in [6.07, 6.45) is 6.93. The molecule has 2 atom stereocenters. The monoisotopic (exact) mass is 288 g/mol. The van der Waals surface area contributed by atoms with Gasteiger partial charge >= 0.3 is 0 Å². The summed E-state index contributed by atoms with van der Waals surface area (Å²) in [6.45, 7) is 6.95. The number of hydrogen-bond donors (Lipinski definition) is 1.